The zero-order chi connectivity index (χ0) is 20.1. The predicted octanol–water partition coefficient (Wildman–Crippen LogP) is 2.15. The van der Waals surface area contributed by atoms with Crippen LogP contribution in [0.15, 0.2) is 30.3 Å². The summed E-state index contributed by atoms with van der Waals surface area (Å²) in [7, 11) is 1.87. The Labute approximate surface area is 164 Å². The van der Waals surface area contributed by atoms with Crippen molar-refractivity contribution in [3.8, 4) is 0 Å². The number of rotatable bonds is 6. The van der Waals surface area contributed by atoms with E-state index in [1.54, 1.807) is 0 Å². The predicted molar refractivity (Wildman–Crippen MR) is 106 cm³/mol. The molecular weight excluding hydrogens is 358 g/mol. The van der Waals surface area contributed by atoms with Crippen LogP contribution in [0.5, 0.6) is 0 Å². The molecule has 0 spiro atoms. The highest BCUT2D eigenvalue weighted by Crippen LogP contribution is 2.26. The minimum absolute atomic E-state index is 0.103. The second-order valence-corrected chi connectivity index (χ2v) is 7.25. The SMILES string of the molecule is CC(=O)OCCNC(=O)[C@@H]1CCCCC1NC(=O)c1cc2ccccc2n1C. The normalized spacial score (nSPS) is 19.2. The van der Waals surface area contributed by atoms with Gasteiger partial charge in [0.2, 0.25) is 5.91 Å². The number of amides is 2. The molecule has 0 saturated heterocycles. The fourth-order valence-electron chi connectivity index (χ4n) is 3.87. The Morgan fingerprint density at radius 1 is 1.18 bits per heavy atom. The van der Waals surface area contributed by atoms with Crippen molar-refractivity contribution in [1.29, 1.82) is 0 Å². The van der Waals surface area contributed by atoms with Gasteiger partial charge in [0, 0.05) is 30.9 Å². The van der Waals surface area contributed by atoms with E-state index >= 15 is 0 Å². The molecule has 1 unspecified atom stereocenters. The third-order valence-corrected chi connectivity index (χ3v) is 5.31. The number of hydrogen-bond acceptors (Lipinski definition) is 4. The van der Waals surface area contributed by atoms with Gasteiger partial charge in [-0.3, -0.25) is 14.4 Å². The molecule has 2 N–H and O–H groups in total. The largest absolute Gasteiger partial charge is 0.464 e. The lowest BCUT2D eigenvalue weighted by molar-refractivity contribution is -0.141. The quantitative estimate of drug-likeness (QED) is 0.589. The van der Waals surface area contributed by atoms with Crippen molar-refractivity contribution in [2.45, 2.75) is 38.6 Å². The maximum Gasteiger partial charge on any atom is 0.302 e. The zero-order valence-electron chi connectivity index (χ0n) is 16.4. The van der Waals surface area contributed by atoms with Gasteiger partial charge in [-0.2, -0.15) is 0 Å². The topological polar surface area (TPSA) is 89.4 Å². The highest BCUT2D eigenvalue weighted by Gasteiger charge is 2.32. The molecule has 2 aromatic rings. The molecule has 1 heterocycles. The number of benzene rings is 1. The monoisotopic (exact) mass is 385 g/mol. The van der Waals surface area contributed by atoms with Gasteiger partial charge in [-0.05, 0) is 25.0 Å². The number of para-hydroxylation sites is 1. The third-order valence-electron chi connectivity index (χ3n) is 5.31. The molecular formula is C21H27N3O4. The van der Waals surface area contributed by atoms with Crippen LogP contribution in [0.3, 0.4) is 0 Å². The van der Waals surface area contributed by atoms with E-state index in [9.17, 15) is 14.4 Å². The molecule has 1 aliphatic rings. The lowest BCUT2D eigenvalue weighted by Gasteiger charge is -2.31. The molecule has 1 aliphatic carbocycles. The number of carbonyl (C=O) groups is 3. The second-order valence-electron chi connectivity index (χ2n) is 7.25. The molecule has 0 aliphatic heterocycles. The van der Waals surface area contributed by atoms with Crippen molar-refractivity contribution in [2.24, 2.45) is 13.0 Å². The van der Waals surface area contributed by atoms with Crippen molar-refractivity contribution in [1.82, 2.24) is 15.2 Å². The summed E-state index contributed by atoms with van der Waals surface area (Å²) in [5, 5.41) is 6.89. The summed E-state index contributed by atoms with van der Waals surface area (Å²) < 4.78 is 6.72. The van der Waals surface area contributed by atoms with Crippen molar-refractivity contribution >= 4 is 28.7 Å². The Bertz CT molecular complexity index is 874. The van der Waals surface area contributed by atoms with Crippen LogP contribution >= 0.6 is 0 Å². The number of nitrogens with zero attached hydrogens (tertiary/aromatic N) is 1. The van der Waals surface area contributed by atoms with E-state index in [0.29, 0.717) is 5.69 Å². The van der Waals surface area contributed by atoms with Gasteiger partial charge in [-0.25, -0.2) is 0 Å². The van der Waals surface area contributed by atoms with Gasteiger partial charge >= 0.3 is 5.97 Å². The summed E-state index contributed by atoms with van der Waals surface area (Å²) in [5.41, 5.74) is 1.58. The first-order chi connectivity index (χ1) is 13.5. The first-order valence-electron chi connectivity index (χ1n) is 9.74. The number of nitrogens with one attached hydrogen (secondary N) is 2. The first-order valence-corrected chi connectivity index (χ1v) is 9.74. The van der Waals surface area contributed by atoms with Crippen LogP contribution in [-0.2, 0) is 21.4 Å². The molecule has 3 rings (SSSR count). The van der Waals surface area contributed by atoms with Crippen LogP contribution in [0.25, 0.3) is 10.9 Å². The Balaban J connectivity index is 1.64. The summed E-state index contributed by atoms with van der Waals surface area (Å²) in [6, 6.07) is 9.52. The van der Waals surface area contributed by atoms with Crippen LogP contribution < -0.4 is 10.6 Å². The van der Waals surface area contributed by atoms with Crippen LogP contribution in [-0.4, -0.2) is 41.5 Å². The number of fused-ring (bicyclic) bond motifs is 1. The van der Waals surface area contributed by atoms with E-state index in [2.05, 4.69) is 10.6 Å². The molecule has 2 amide bonds. The number of aromatic nitrogens is 1. The van der Waals surface area contributed by atoms with E-state index < -0.39 is 0 Å². The molecule has 7 heteroatoms. The third kappa shape index (κ3) is 4.52. The van der Waals surface area contributed by atoms with Crippen molar-refractivity contribution < 1.29 is 19.1 Å². The molecule has 1 aromatic carbocycles. The number of ether oxygens (including phenoxy) is 1. The molecule has 28 heavy (non-hydrogen) atoms. The van der Waals surface area contributed by atoms with E-state index in [1.807, 2.05) is 41.9 Å². The number of hydrogen-bond donors (Lipinski definition) is 2. The first kappa shape index (κ1) is 19.9. The van der Waals surface area contributed by atoms with Crippen LogP contribution in [0, 0.1) is 5.92 Å². The van der Waals surface area contributed by atoms with Gasteiger partial charge in [0.25, 0.3) is 5.91 Å². The summed E-state index contributed by atoms with van der Waals surface area (Å²) in [6.07, 6.45) is 3.46. The standard InChI is InChI=1S/C21H27N3O4/c1-14(25)28-12-11-22-20(26)16-8-4-5-9-17(16)23-21(27)19-13-15-7-3-6-10-18(15)24(19)2/h3,6-7,10,13,16-17H,4-5,8-9,11-12H2,1-2H3,(H,22,26)(H,23,27)/t16-,17?/m1/s1. The van der Waals surface area contributed by atoms with Gasteiger partial charge in [-0.1, -0.05) is 31.0 Å². The molecule has 7 nitrogen and oxygen atoms in total. The summed E-state index contributed by atoms with van der Waals surface area (Å²) in [5.74, 6) is -0.908. The molecule has 0 radical (unpaired) electrons. The van der Waals surface area contributed by atoms with Gasteiger partial charge in [-0.15, -0.1) is 0 Å². The molecule has 2 atom stereocenters. The number of aryl methyl sites for hydroxylation is 1. The highest BCUT2D eigenvalue weighted by molar-refractivity contribution is 5.99. The molecule has 0 bridgehead atoms. The van der Waals surface area contributed by atoms with Gasteiger partial charge in [0.05, 0.1) is 12.5 Å². The smallest absolute Gasteiger partial charge is 0.302 e. The summed E-state index contributed by atoms with van der Waals surface area (Å²) in [4.78, 5) is 36.3. The maximum absolute atomic E-state index is 12.9. The Morgan fingerprint density at radius 2 is 1.93 bits per heavy atom. The van der Waals surface area contributed by atoms with Crippen molar-refractivity contribution in [3.63, 3.8) is 0 Å². The molecule has 150 valence electrons. The average molecular weight is 385 g/mol. The van der Waals surface area contributed by atoms with Gasteiger partial charge in [0.15, 0.2) is 0 Å². The number of esters is 1. The van der Waals surface area contributed by atoms with Crippen LogP contribution in [0.2, 0.25) is 0 Å². The van der Waals surface area contributed by atoms with E-state index in [0.717, 1.165) is 36.6 Å². The Hall–Kier alpha value is -2.83. The van der Waals surface area contributed by atoms with Gasteiger partial charge < -0.3 is 19.9 Å². The van der Waals surface area contributed by atoms with E-state index in [4.69, 9.17) is 4.74 Å². The zero-order valence-corrected chi connectivity index (χ0v) is 16.4. The molecule has 1 aromatic heterocycles. The minimum Gasteiger partial charge on any atom is -0.464 e. The second kappa shape index (κ2) is 8.91. The Kier molecular flexibility index (Phi) is 6.34. The average Bonchev–Trinajstić information content (AvgIpc) is 3.02. The van der Waals surface area contributed by atoms with Crippen LogP contribution in [0.4, 0.5) is 0 Å². The van der Waals surface area contributed by atoms with E-state index in [-0.39, 0.29) is 42.9 Å². The maximum atomic E-state index is 12.9. The fourth-order valence-corrected chi connectivity index (χ4v) is 3.87. The van der Waals surface area contributed by atoms with E-state index in [1.165, 1.54) is 6.92 Å². The van der Waals surface area contributed by atoms with Gasteiger partial charge in [0.1, 0.15) is 12.3 Å². The lowest BCUT2D eigenvalue weighted by Crippen LogP contribution is -2.49. The molecule has 1 saturated carbocycles. The number of carbonyl (C=O) groups excluding carboxylic acids is 3. The van der Waals surface area contributed by atoms with Crippen molar-refractivity contribution in [2.75, 3.05) is 13.2 Å². The molecule has 1 fully saturated rings. The summed E-state index contributed by atoms with van der Waals surface area (Å²) >= 11 is 0. The van der Waals surface area contributed by atoms with Crippen molar-refractivity contribution in [3.05, 3.63) is 36.0 Å². The van der Waals surface area contributed by atoms with Crippen LogP contribution in [0.1, 0.15) is 43.1 Å². The fraction of sp³-hybridized carbons (Fsp3) is 0.476. The lowest BCUT2D eigenvalue weighted by atomic mass is 9.83. The Morgan fingerprint density at radius 3 is 2.68 bits per heavy atom. The highest BCUT2D eigenvalue weighted by atomic mass is 16.5. The summed E-state index contributed by atoms with van der Waals surface area (Å²) in [6.45, 7) is 1.76. The minimum atomic E-state index is -0.369.